The van der Waals surface area contributed by atoms with Gasteiger partial charge in [0.1, 0.15) is 10.7 Å². The number of carbonyl (C=O) groups excluding carboxylic acids is 2. The second-order valence-corrected chi connectivity index (χ2v) is 7.61. The van der Waals surface area contributed by atoms with Gasteiger partial charge in [-0.05, 0) is 49.9 Å². The second-order valence-electron chi connectivity index (χ2n) is 6.56. The number of aryl methyl sites for hydroxylation is 1. The molecule has 140 valence electrons. The van der Waals surface area contributed by atoms with Crippen molar-refractivity contribution in [3.05, 3.63) is 70.4 Å². The third-order valence-corrected chi connectivity index (χ3v) is 5.33. The molecule has 0 aliphatic rings. The van der Waals surface area contributed by atoms with Crippen molar-refractivity contribution >= 4 is 33.3 Å². The van der Waals surface area contributed by atoms with Crippen LogP contribution >= 0.6 is 11.3 Å². The van der Waals surface area contributed by atoms with E-state index in [0.29, 0.717) is 21.4 Å². The van der Waals surface area contributed by atoms with Crippen LogP contribution in [0.1, 0.15) is 40.8 Å². The molecule has 0 saturated heterocycles. The van der Waals surface area contributed by atoms with Gasteiger partial charge in [0.15, 0.2) is 0 Å². The fourth-order valence-corrected chi connectivity index (χ4v) is 3.88. The number of carbonyl (C=O) groups is 2. The summed E-state index contributed by atoms with van der Waals surface area (Å²) in [4.78, 5) is 25.8. The third-order valence-electron chi connectivity index (χ3n) is 4.08. The minimum atomic E-state index is -1.05. The number of hydrogen-bond acceptors (Lipinski definition) is 4. The number of benzene rings is 2. The van der Waals surface area contributed by atoms with Gasteiger partial charge < -0.3 is 10.1 Å². The average molecular weight is 385 g/mol. The molecule has 3 rings (SSSR count). The lowest BCUT2D eigenvalue weighted by Gasteiger charge is -2.19. The second kappa shape index (κ2) is 7.88. The van der Waals surface area contributed by atoms with Crippen molar-refractivity contribution in [1.82, 2.24) is 5.32 Å². The minimum absolute atomic E-state index is 0.0866. The Balaban J connectivity index is 1.93. The summed E-state index contributed by atoms with van der Waals surface area (Å²) >= 11 is 1.23. The molecule has 0 bridgehead atoms. The van der Waals surface area contributed by atoms with Gasteiger partial charge in [-0.15, -0.1) is 11.3 Å². The lowest BCUT2D eigenvalue weighted by Crippen LogP contribution is -2.36. The van der Waals surface area contributed by atoms with E-state index in [1.165, 1.54) is 23.5 Å². The molecule has 0 saturated carbocycles. The van der Waals surface area contributed by atoms with Crippen LogP contribution in [0.25, 0.3) is 10.1 Å². The molecular weight excluding hydrogens is 365 g/mol. The molecule has 0 fully saturated rings. The summed E-state index contributed by atoms with van der Waals surface area (Å²) in [5.41, 5.74) is 1.24. The zero-order valence-corrected chi connectivity index (χ0v) is 16.1. The van der Waals surface area contributed by atoms with Gasteiger partial charge in [-0.1, -0.05) is 30.3 Å². The van der Waals surface area contributed by atoms with E-state index in [0.717, 1.165) is 4.70 Å². The Morgan fingerprint density at radius 2 is 1.81 bits per heavy atom. The van der Waals surface area contributed by atoms with E-state index in [9.17, 15) is 14.0 Å². The average Bonchev–Trinajstić information content (AvgIpc) is 2.96. The number of fused-ring (bicyclic) bond motifs is 1. The van der Waals surface area contributed by atoms with Gasteiger partial charge in [-0.2, -0.15) is 0 Å². The number of halogens is 1. The number of ether oxygens (including phenoxy) is 1. The zero-order chi connectivity index (χ0) is 19.6. The SMILES string of the molecule is Cc1c(C(=O)OC(C(=O)NC(C)C)c2ccccc2)sc2ccc(F)cc12. The molecule has 1 amide bonds. The van der Waals surface area contributed by atoms with Crippen molar-refractivity contribution in [3.63, 3.8) is 0 Å². The van der Waals surface area contributed by atoms with Crippen LogP contribution in [0.4, 0.5) is 4.39 Å². The molecule has 1 unspecified atom stereocenters. The topological polar surface area (TPSA) is 55.4 Å². The smallest absolute Gasteiger partial charge is 0.349 e. The number of amides is 1. The van der Waals surface area contributed by atoms with Crippen molar-refractivity contribution in [2.45, 2.75) is 32.9 Å². The summed E-state index contributed by atoms with van der Waals surface area (Å²) in [6, 6.07) is 13.2. The molecule has 3 aromatic rings. The van der Waals surface area contributed by atoms with Crippen molar-refractivity contribution in [1.29, 1.82) is 0 Å². The molecule has 2 aromatic carbocycles. The van der Waals surface area contributed by atoms with E-state index >= 15 is 0 Å². The summed E-state index contributed by atoms with van der Waals surface area (Å²) in [5.74, 6) is -1.34. The number of rotatable bonds is 5. The highest BCUT2D eigenvalue weighted by molar-refractivity contribution is 7.21. The maximum atomic E-state index is 13.5. The highest BCUT2D eigenvalue weighted by Crippen LogP contribution is 2.33. The summed E-state index contributed by atoms with van der Waals surface area (Å²) in [5, 5.41) is 3.46. The normalized spacial score (nSPS) is 12.2. The van der Waals surface area contributed by atoms with Crippen LogP contribution in [-0.4, -0.2) is 17.9 Å². The first-order valence-electron chi connectivity index (χ1n) is 8.61. The molecule has 1 heterocycles. The van der Waals surface area contributed by atoms with E-state index in [1.807, 2.05) is 19.9 Å². The van der Waals surface area contributed by atoms with Crippen molar-refractivity contribution in [3.8, 4) is 0 Å². The van der Waals surface area contributed by atoms with E-state index in [4.69, 9.17) is 4.74 Å². The van der Waals surface area contributed by atoms with Crippen LogP contribution in [0.3, 0.4) is 0 Å². The Morgan fingerprint density at radius 3 is 2.48 bits per heavy atom. The molecule has 0 spiro atoms. The van der Waals surface area contributed by atoms with Crippen LogP contribution in [0.15, 0.2) is 48.5 Å². The lowest BCUT2D eigenvalue weighted by molar-refractivity contribution is -0.130. The Kier molecular flexibility index (Phi) is 5.56. The Bertz CT molecular complexity index is 982. The monoisotopic (exact) mass is 385 g/mol. The van der Waals surface area contributed by atoms with Gasteiger partial charge >= 0.3 is 5.97 Å². The van der Waals surface area contributed by atoms with Crippen LogP contribution in [0.2, 0.25) is 0 Å². The van der Waals surface area contributed by atoms with Crippen molar-refractivity contribution < 1.29 is 18.7 Å². The molecule has 1 atom stereocenters. The van der Waals surface area contributed by atoms with Crippen LogP contribution in [0.5, 0.6) is 0 Å². The lowest BCUT2D eigenvalue weighted by atomic mass is 10.1. The van der Waals surface area contributed by atoms with Crippen LogP contribution in [-0.2, 0) is 9.53 Å². The summed E-state index contributed by atoms with van der Waals surface area (Å²) < 4.78 is 19.9. The quantitative estimate of drug-likeness (QED) is 0.644. The zero-order valence-electron chi connectivity index (χ0n) is 15.3. The summed E-state index contributed by atoms with van der Waals surface area (Å²) in [7, 11) is 0. The maximum Gasteiger partial charge on any atom is 0.349 e. The number of thiophene rings is 1. The third kappa shape index (κ3) is 4.17. The highest BCUT2D eigenvalue weighted by atomic mass is 32.1. The molecule has 1 aromatic heterocycles. The predicted molar refractivity (Wildman–Crippen MR) is 104 cm³/mol. The van der Waals surface area contributed by atoms with Gasteiger partial charge in [0, 0.05) is 16.3 Å². The van der Waals surface area contributed by atoms with Gasteiger partial charge in [0.2, 0.25) is 6.10 Å². The Labute approximate surface area is 161 Å². The maximum absolute atomic E-state index is 13.5. The number of hydrogen-bond donors (Lipinski definition) is 1. The Hall–Kier alpha value is -2.73. The van der Waals surface area contributed by atoms with Crippen LogP contribution in [0, 0.1) is 12.7 Å². The molecule has 4 nitrogen and oxygen atoms in total. The predicted octanol–water partition coefficient (Wildman–Crippen LogP) is 4.77. The summed E-state index contributed by atoms with van der Waals surface area (Å²) in [6.07, 6.45) is -1.05. The number of nitrogens with one attached hydrogen (secondary N) is 1. The molecule has 0 aliphatic carbocycles. The minimum Gasteiger partial charge on any atom is -0.443 e. The first-order chi connectivity index (χ1) is 12.9. The van der Waals surface area contributed by atoms with E-state index < -0.39 is 12.1 Å². The fourth-order valence-electron chi connectivity index (χ4n) is 2.81. The van der Waals surface area contributed by atoms with Gasteiger partial charge in [-0.25, -0.2) is 9.18 Å². The van der Waals surface area contributed by atoms with Crippen molar-refractivity contribution in [2.75, 3.05) is 0 Å². The van der Waals surface area contributed by atoms with E-state index in [1.54, 1.807) is 37.3 Å². The fraction of sp³-hybridized carbons (Fsp3) is 0.238. The standard InChI is InChI=1S/C21H20FNO3S/c1-12(2)23-20(24)18(14-7-5-4-6-8-14)26-21(25)19-13(3)16-11-15(22)9-10-17(16)27-19/h4-12,18H,1-3H3,(H,23,24). The first-order valence-corrected chi connectivity index (χ1v) is 9.43. The first kappa shape index (κ1) is 19.0. The Morgan fingerprint density at radius 1 is 1.11 bits per heavy atom. The van der Waals surface area contributed by atoms with Gasteiger partial charge in [0.05, 0.1) is 0 Å². The van der Waals surface area contributed by atoms with Crippen molar-refractivity contribution in [2.24, 2.45) is 0 Å². The molecular formula is C21H20FNO3S. The molecule has 0 aliphatic heterocycles. The van der Waals surface area contributed by atoms with Gasteiger partial charge in [-0.3, -0.25) is 4.79 Å². The van der Waals surface area contributed by atoms with E-state index in [-0.39, 0.29) is 17.8 Å². The van der Waals surface area contributed by atoms with Crippen LogP contribution < -0.4 is 5.32 Å². The van der Waals surface area contributed by atoms with E-state index in [2.05, 4.69) is 5.32 Å². The molecule has 27 heavy (non-hydrogen) atoms. The highest BCUT2D eigenvalue weighted by Gasteiger charge is 2.28. The van der Waals surface area contributed by atoms with Gasteiger partial charge in [0.25, 0.3) is 5.91 Å². The largest absolute Gasteiger partial charge is 0.443 e. The molecule has 0 radical (unpaired) electrons. The summed E-state index contributed by atoms with van der Waals surface area (Å²) in [6.45, 7) is 5.43. The molecule has 6 heteroatoms. The number of esters is 1. The molecule has 1 N–H and O–H groups in total.